The molecule has 0 spiro atoms. The first-order chi connectivity index (χ1) is 10.7. The normalized spacial score (nSPS) is 25.7. The topological polar surface area (TPSA) is 78.4 Å². The van der Waals surface area contributed by atoms with Gasteiger partial charge in [-0.05, 0) is 25.7 Å². The summed E-state index contributed by atoms with van der Waals surface area (Å²) in [6.07, 6.45) is 4.87. The number of hydrogen-bond donors (Lipinski definition) is 2. The molecule has 2 heterocycles. The number of nitrogens with one attached hydrogen (secondary N) is 1. The predicted molar refractivity (Wildman–Crippen MR) is 88.6 cm³/mol. The maximum atomic E-state index is 11.0. The molecule has 0 amide bonds. The molecule has 1 aromatic rings. The zero-order valence-corrected chi connectivity index (χ0v) is 13.4. The molecular formula is C15H22N4O2S. The summed E-state index contributed by atoms with van der Waals surface area (Å²) in [6, 6.07) is 2.33. The number of hydrogen-bond acceptors (Lipinski definition) is 6. The average Bonchev–Trinajstić information content (AvgIpc) is 2.56. The van der Waals surface area contributed by atoms with Crippen LogP contribution in [-0.4, -0.2) is 51.7 Å². The van der Waals surface area contributed by atoms with E-state index in [9.17, 15) is 4.79 Å². The zero-order chi connectivity index (χ0) is 15.4. The highest BCUT2D eigenvalue weighted by atomic mass is 32.2. The Morgan fingerprint density at radius 3 is 2.64 bits per heavy atom. The Labute approximate surface area is 134 Å². The second kappa shape index (κ2) is 7.17. The third-order valence-corrected chi connectivity index (χ3v) is 5.36. The van der Waals surface area contributed by atoms with Gasteiger partial charge >= 0.3 is 5.97 Å². The minimum atomic E-state index is -0.661. The number of carboxylic acid groups (broad SMARTS) is 1. The van der Waals surface area contributed by atoms with E-state index in [1.165, 1.54) is 0 Å². The van der Waals surface area contributed by atoms with Gasteiger partial charge in [0.15, 0.2) is 0 Å². The number of nitrogens with zero attached hydrogens (tertiary/aromatic N) is 3. The molecule has 2 fully saturated rings. The van der Waals surface area contributed by atoms with E-state index in [-0.39, 0.29) is 5.92 Å². The van der Waals surface area contributed by atoms with E-state index in [1.807, 2.05) is 17.8 Å². The van der Waals surface area contributed by atoms with Crippen LogP contribution in [-0.2, 0) is 4.79 Å². The molecule has 3 rings (SSSR count). The summed E-state index contributed by atoms with van der Waals surface area (Å²) >= 11 is 1.98. The van der Waals surface area contributed by atoms with Gasteiger partial charge in [-0.3, -0.25) is 4.79 Å². The minimum absolute atomic E-state index is 0.176. The number of aliphatic carboxylic acids is 1. The van der Waals surface area contributed by atoms with E-state index in [2.05, 4.69) is 20.2 Å². The van der Waals surface area contributed by atoms with Crippen LogP contribution in [0.25, 0.3) is 0 Å². The van der Waals surface area contributed by atoms with E-state index >= 15 is 0 Å². The summed E-state index contributed by atoms with van der Waals surface area (Å²) in [5, 5.41) is 12.5. The Morgan fingerprint density at radius 2 is 1.95 bits per heavy atom. The highest BCUT2D eigenvalue weighted by Gasteiger charge is 2.26. The molecule has 1 aromatic heterocycles. The first kappa shape index (κ1) is 15.4. The molecule has 120 valence electrons. The first-order valence-corrected chi connectivity index (χ1v) is 9.02. The van der Waals surface area contributed by atoms with Crippen LogP contribution in [0.1, 0.15) is 25.7 Å². The van der Waals surface area contributed by atoms with E-state index in [0.717, 1.165) is 61.9 Å². The van der Waals surface area contributed by atoms with Crippen LogP contribution in [0.5, 0.6) is 0 Å². The maximum absolute atomic E-state index is 11.0. The molecule has 7 heteroatoms. The average molecular weight is 322 g/mol. The minimum Gasteiger partial charge on any atom is -0.481 e. The molecule has 6 nitrogen and oxygen atoms in total. The third kappa shape index (κ3) is 3.82. The molecule has 0 bridgehead atoms. The lowest BCUT2D eigenvalue weighted by atomic mass is 9.86. The molecule has 1 aliphatic carbocycles. The number of thioether (sulfide) groups is 1. The van der Waals surface area contributed by atoms with Gasteiger partial charge < -0.3 is 15.3 Å². The Hall–Kier alpha value is -1.50. The van der Waals surface area contributed by atoms with E-state index in [4.69, 9.17) is 5.11 Å². The van der Waals surface area contributed by atoms with Crippen LogP contribution < -0.4 is 10.2 Å². The molecule has 1 aliphatic heterocycles. The third-order valence-electron chi connectivity index (χ3n) is 4.42. The SMILES string of the molecule is O=C(O)C1CCC(Nc2cc(N3CCSCC3)ncn2)CC1. The Balaban J connectivity index is 1.58. The van der Waals surface area contributed by atoms with Crippen molar-refractivity contribution in [2.45, 2.75) is 31.7 Å². The fraction of sp³-hybridized carbons (Fsp3) is 0.667. The van der Waals surface area contributed by atoms with Gasteiger partial charge in [0, 0.05) is 36.7 Å². The van der Waals surface area contributed by atoms with Gasteiger partial charge in [0.2, 0.25) is 0 Å². The quantitative estimate of drug-likeness (QED) is 0.878. The fourth-order valence-corrected chi connectivity index (χ4v) is 3.99. The van der Waals surface area contributed by atoms with Crippen molar-refractivity contribution in [3.8, 4) is 0 Å². The monoisotopic (exact) mass is 322 g/mol. The zero-order valence-electron chi connectivity index (χ0n) is 12.6. The number of carboxylic acids is 1. The van der Waals surface area contributed by atoms with Crippen LogP contribution in [0.15, 0.2) is 12.4 Å². The summed E-state index contributed by atoms with van der Waals surface area (Å²) < 4.78 is 0. The van der Waals surface area contributed by atoms with Crippen molar-refractivity contribution in [2.24, 2.45) is 5.92 Å². The van der Waals surface area contributed by atoms with Crippen molar-refractivity contribution in [2.75, 3.05) is 34.8 Å². The maximum Gasteiger partial charge on any atom is 0.306 e. The van der Waals surface area contributed by atoms with Gasteiger partial charge in [0.1, 0.15) is 18.0 Å². The summed E-state index contributed by atoms with van der Waals surface area (Å²) in [7, 11) is 0. The van der Waals surface area contributed by atoms with E-state index in [1.54, 1.807) is 6.33 Å². The Kier molecular flexibility index (Phi) is 5.02. The second-order valence-electron chi connectivity index (χ2n) is 5.89. The van der Waals surface area contributed by atoms with Crippen molar-refractivity contribution < 1.29 is 9.90 Å². The van der Waals surface area contributed by atoms with Gasteiger partial charge in [0.25, 0.3) is 0 Å². The van der Waals surface area contributed by atoms with Crippen molar-refractivity contribution in [3.63, 3.8) is 0 Å². The number of aromatic nitrogens is 2. The standard InChI is InChI=1S/C15H22N4O2S/c20-15(21)11-1-3-12(4-2-11)18-13-9-14(17-10-16-13)19-5-7-22-8-6-19/h9-12H,1-8H2,(H,20,21)(H,16,17,18). The Morgan fingerprint density at radius 1 is 1.23 bits per heavy atom. The lowest BCUT2D eigenvalue weighted by Crippen LogP contribution is -2.33. The van der Waals surface area contributed by atoms with Gasteiger partial charge in [-0.2, -0.15) is 11.8 Å². The molecule has 2 N–H and O–H groups in total. The first-order valence-electron chi connectivity index (χ1n) is 7.86. The van der Waals surface area contributed by atoms with Crippen LogP contribution in [0.4, 0.5) is 11.6 Å². The molecule has 1 saturated heterocycles. The van der Waals surface area contributed by atoms with Gasteiger partial charge in [-0.25, -0.2) is 9.97 Å². The van der Waals surface area contributed by atoms with E-state index in [0.29, 0.717) is 6.04 Å². The Bertz CT molecular complexity index is 514. The highest BCUT2D eigenvalue weighted by molar-refractivity contribution is 7.99. The molecule has 0 unspecified atom stereocenters. The van der Waals surface area contributed by atoms with Crippen molar-refractivity contribution >= 4 is 29.4 Å². The van der Waals surface area contributed by atoms with Gasteiger partial charge in [-0.15, -0.1) is 0 Å². The van der Waals surface area contributed by atoms with E-state index < -0.39 is 5.97 Å². The van der Waals surface area contributed by atoms with Crippen LogP contribution in [0.2, 0.25) is 0 Å². The van der Waals surface area contributed by atoms with Gasteiger partial charge in [-0.1, -0.05) is 0 Å². The van der Waals surface area contributed by atoms with Gasteiger partial charge in [0.05, 0.1) is 5.92 Å². The van der Waals surface area contributed by atoms with Crippen LogP contribution >= 0.6 is 11.8 Å². The molecule has 1 saturated carbocycles. The molecule has 0 radical (unpaired) electrons. The van der Waals surface area contributed by atoms with Crippen molar-refractivity contribution in [1.29, 1.82) is 0 Å². The molecule has 2 aliphatic rings. The predicted octanol–water partition coefficient (Wildman–Crippen LogP) is 2.09. The summed E-state index contributed by atoms with van der Waals surface area (Å²) in [5.74, 6) is 3.28. The van der Waals surface area contributed by atoms with Crippen LogP contribution in [0, 0.1) is 5.92 Å². The van der Waals surface area contributed by atoms with Crippen LogP contribution in [0.3, 0.4) is 0 Å². The number of carbonyl (C=O) groups is 1. The molecular weight excluding hydrogens is 300 g/mol. The molecule has 0 atom stereocenters. The van der Waals surface area contributed by atoms with Crippen molar-refractivity contribution in [1.82, 2.24) is 9.97 Å². The highest BCUT2D eigenvalue weighted by Crippen LogP contribution is 2.27. The summed E-state index contributed by atoms with van der Waals surface area (Å²) in [4.78, 5) is 22.0. The molecule has 22 heavy (non-hydrogen) atoms. The number of anilines is 2. The number of rotatable bonds is 4. The summed E-state index contributed by atoms with van der Waals surface area (Å²) in [5.41, 5.74) is 0. The fourth-order valence-electron chi connectivity index (χ4n) is 3.09. The largest absolute Gasteiger partial charge is 0.481 e. The summed E-state index contributed by atoms with van der Waals surface area (Å²) in [6.45, 7) is 2.07. The van der Waals surface area contributed by atoms with Crippen molar-refractivity contribution in [3.05, 3.63) is 12.4 Å². The smallest absolute Gasteiger partial charge is 0.306 e. The lowest BCUT2D eigenvalue weighted by Gasteiger charge is -2.29. The lowest BCUT2D eigenvalue weighted by molar-refractivity contribution is -0.142. The second-order valence-corrected chi connectivity index (χ2v) is 7.12. The molecule has 0 aromatic carbocycles.